The summed E-state index contributed by atoms with van der Waals surface area (Å²) in [5.41, 5.74) is 0.821. The van der Waals surface area contributed by atoms with Crippen molar-refractivity contribution >= 4 is 5.97 Å². The summed E-state index contributed by atoms with van der Waals surface area (Å²) in [4.78, 5) is 10.4. The molecule has 0 aliphatic rings. The van der Waals surface area contributed by atoms with Gasteiger partial charge in [0.1, 0.15) is 0 Å². The summed E-state index contributed by atoms with van der Waals surface area (Å²) in [7, 11) is 2.93. The molecule has 0 saturated carbocycles. The number of carbonyl (C=O) groups is 1. The Balaban J connectivity index is 2.80. The molecular formula is C12H16O5. The highest BCUT2D eigenvalue weighted by Crippen LogP contribution is 2.37. The first-order chi connectivity index (χ1) is 8.08. The predicted molar refractivity (Wildman–Crippen MR) is 61.8 cm³/mol. The Bertz CT molecular complexity index is 400. The van der Waals surface area contributed by atoms with E-state index >= 15 is 0 Å². The predicted octanol–water partition coefficient (Wildman–Crippen LogP) is 1.82. The summed E-state index contributed by atoms with van der Waals surface area (Å²) in [6.07, 6.45) is 1.19. The number of benzene rings is 1. The zero-order valence-electron chi connectivity index (χ0n) is 9.90. The van der Waals surface area contributed by atoms with Gasteiger partial charge >= 0.3 is 5.97 Å². The molecule has 5 nitrogen and oxygen atoms in total. The van der Waals surface area contributed by atoms with Crippen LogP contribution in [0.1, 0.15) is 18.4 Å². The van der Waals surface area contributed by atoms with Crippen LogP contribution in [-0.2, 0) is 11.2 Å². The average Bonchev–Trinajstić information content (AvgIpc) is 2.27. The van der Waals surface area contributed by atoms with Crippen LogP contribution in [0, 0.1) is 0 Å². The minimum absolute atomic E-state index is 0.00262. The molecule has 1 aromatic carbocycles. The molecule has 5 heteroatoms. The maximum absolute atomic E-state index is 10.4. The molecule has 0 heterocycles. The standard InChI is InChI=1S/C12H16O5/c1-16-10-7-8(4-3-5-11(14)15)6-9(13)12(10)17-2/h6-7,13H,3-5H2,1-2H3,(H,14,15). The number of phenolic OH excluding ortho intramolecular Hbond substituents is 1. The van der Waals surface area contributed by atoms with Crippen molar-refractivity contribution in [3.05, 3.63) is 17.7 Å². The summed E-state index contributed by atoms with van der Waals surface area (Å²) in [6, 6.07) is 3.30. The number of aromatic hydroxyl groups is 1. The molecule has 0 fully saturated rings. The SMILES string of the molecule is COc1cc(CCCC(=O)O)cc(O)c1OC. The Labute approximate surface area is 99.6 Å². The average molecular weight is 240 g/mol. The van der Waals surface area contributed by atoms with Gasteiger partial charge in [-0.05, 0) is 30.5 Å². The molecular weight excluding hydrogens is 224 g/mol. The lowest BCUT2D eigenvalue weighted by atomic mass is 10.1. The molecule has 94 valence electrons. The molecule has 0 bridgehead atoms. The largest absolute Gasteiger partial charge is 0.504 e. The zero-order valence-corrected chi connectivity index (χ0v) is 9.90. The van der Waals surface area contributed by atoms with E-state index in [0.717, 1.165) is 5.56 Å². The number of aryl methyl sites for hydroxylation is 1. The van der Waals surface area contributed by atoms with Crippen molar-refractivity contribution in [2.24, 2.45) is 0 Å². The van der Waals surface area contributed by atoms with E-state index in [2.05, 4.69) is 0 Å². The van der Waals surface area contributed by atoms with Gasteiger partial charge < -0.3 is 19.7 Å². The smallest absolute Gasteiger partial charge is 0.303 e. The Hall–Kier alpha value is -1.91. The summed E-state index contributed by atoms with van der Waals surface area (Å²) in [5, 5.41) is 18.2. The molecule has 1 rings (SSSR count). The quantitative estimate of drug-likeness (QED) is 0.793. The molecule has 0 spiro atoms. The number of methoxy groups -OCH3 is 2. The van der Waals surface area contributed by atoms with Crippen LogP contribution in [0.2, 0.25) is 0 Å². The fraction of sp³-hybridized carbons (Fsp3) is 0.417. The van der Waals surface area contributed by atoms with Crippen molar-refractivity contribution in [1.29, 1.82) is 0 Å². The van der Waals surface area contributed by atoms with Gasteiger partial charge in [0.2, 0.25) is 5.75 Å². The lowest BCUT2D eigenvalue weighted by Gasteiger charge is -2.11. The number of carboxylic acids is 1. The molecule has 17 heavy (non-hydrogen) atoms. The molecule has 0 atom stereocenters. The number of ether oxygens (including phenoxy) is 2. The fourth-order valence-corrected chi connectivity index (χ4v) is 1.59. The van der Waals surface area contributed by atoms with E-state index in [-0.39, 0.29) is 17.9 Å². The van der Waals surface area contributed by atoms with Crippen LogP contribution in [0.5, 0.6) is 17.2 Å². The van der Waals surface area contributed by atoms with Gasteiger partial charge in [0, 0.05) is 6.42 Å². The number of phenols is 1. The summed E-state index contributed by atoms with van der Waals surface area (Å²) in [5.74, 6) is -0.0980. The van der Waals surface area contributed by atoms with E-state index in [0.29, 0.717) is 18.6 Å². The van der Waals surface area contributed by atoms with Gasteiger partial charge in [-0.3, -0.25) is 4.79 Å². The molecule has 0 aliphatic heterocycles. The zero-order chi connectivity index (χ0) is 12.8. The fourth-order valence-electron chi connectivity index (χ4n) is 1.59. The summed E-state index contributed by atoms with van der Waals surface area (Å²) < 4.78 is 10.1. The van der Waals surface area contributed by atoms with Gasteiger partial charge in [0.05, 0.1) is 14.2 Å². The van der Waals surface area contributed by atoms with E-state index in [1.165, 1.54) is 14.2 Å². The monoisotopic (exact) mass is 240 g/mol. The number of aliphatic carboxylic acids is 1. The maximum Gasteiger partial charge on any atom is 0.303 e. The number of hydrogen-bond acceptors (Lipinski definition) is 4. The molecule has 0 saturated heterocycles. The highest BCUT2D eigenvalue weighted by molar-refractivity contribution is 5.66. The van der Waals surface area contributed by atoms with Crippen LogP contribution in [0.3, 0.4) is 0 Å². The lowest BCUT2D eigenvalue weighted by molar-refractivity contribution is -0.137. The molecule has 0 aliphatic carbocycles. The molecule has 0 amide bonds. The Kier molecular flexibility index (Phi) is 4.63. The van der Waals surface area contributed by atoms with Gasteiger partial charge in [0.25, 0.3) is 0 Å². The van der Waals surface area contributed by atoms with Crippen LogP contribution in [-0.4, -0.2) is 30.4 Å². The van der Waals surface area contributed by atoms with Crippen molar-refractivity contribution in [2.75, 3.05) is 14.2 Å². The molecule has 1 aromatic rings. The number of carboxylic acid groups (broad SMARTS) is 1. The number of hydrogen-bond donors (Lipinski definition) is 2. The highest BCUT2D eigenvalue weighted by Gasteiger charge is 2.11. The minimum atomic E-state index is -0.824. The van der Waals surface area contributed by atoms with E-state index in [1.54, 1.807) is 12.1 Å². The second-order valence-electron chi connectivity index (χ2n) is 3.60. The summed E-state index contributed by atoms with van der Waals surface area (Å²) >= 11 is 0. The molecule has 0 radical (unpaired) electrons. The molecule has 0 unspecified atom stereocenters. The van der Waals surface area contributed by atoms with Crippen molar-refractivity contribution in [1.82, 2.24) is 0 Å². The van der Waals surface area contributed by atoms with Gasteiger partial charge in [0.15, 0.2) is 11.5 Å². The Morgan fingerprint density at radius 1 is 1.29 bits per heavy atom. The minimum Gasteiger partial charge on any atom is -0.504 e. The Morgan fingerprint density at radius 2 is 2.00 bits per heavy atom. The van der Waals surface area contributed by atoms with Gasteiger partial charge in [-0.1, -0.05) is 0 Å². The third kappa shape index (κ3) is 3.55. The van der Waals surface area contributed by atoms with Crippen molar-refractivity contribution in [3.8, 4) is 17.2 Å². The van der Waals surface area contributed by atoms with Crippen LogP contribution >= 0.6 is 0 Å². The van der Waals surface area contributed by atoms with Crippen molar-refractivity contribution in [3.63, 3.8) is 0 Å². The third-order valence-corrected chi connectivity index (χ3v) is 2.38. The summed E-state index contributed by atoms with van der Waals surface area (Å²) in [6.45, 7) is 0. The van der Waals surface area contributed by atoms with Gasteiger partial charge in [-0.15, -0.1) is 0 Å². The lowest BCUT2D eigenvalue weighted by Crippen LogP contribution is -1.97. The highest BCUT2D eigenvalue weighted by atomic mass is 16.5. The van der Waals surface area contributed by atoms with E-state index in [9.17, 15) is 9.90 Å². The Morgan fingerprint density at radius 3 is 2.53 bits per heavy atom. The van der Waals surface area contributed by atoms with Crippen molar-refractivity contribution < 1.29 is 24.5 Å². The molecule has 2 N–H and O–H groups in total. The van der Waals surface area contributed by atoms with Crippen LogP contribution in [0.4, 0.5) is 0 Å². The van der Waals surface area contributed by atoms with E-state index in [4.69, 9.17) is 14.6 Å². The third-order valence-electron chi connectivity index (χ3n) is 2.38. The van der Waals surface area contributed by atoms with Gasteiger partial charge in [-0.25, -0.2) is 0 Å². The first-order valence-electron chi connectivity index (χ1n) is 5.24. The second kappa shape index (κ2) is 5.98. The number of rotatable bonds is 6. The van der Waals surface area contributed by atoms with E-state index < -0.39 is 5.97 Å². The maximum atomic E-state index is 10.4. The van der Waals surface area contributed by atoms with Crippen LogP contribution < -0.4 is 9.47 Å². The van der Waals surface area contributed by atoms with Gasteiger partial charge in [-0.2, -0.15) is 0 Å². The molecule has 0 aromatic heterocycles. The second-order valence-corrected chi connectivity index (χ2v) is 3.60. The first kappa shape index (κ1) is 13.2. The van der Waals surface area contributed by atoms with Crippen LogP contribution in [0.15, 0.2) is 12.1 Å². The van der Waals surface area contributed by atoms with E-state index in [1.807, 2.05) is 0 Å². The topological polar surface area (TPSA) is 76.0 Å². The van der Waals surface area contributed by atoms with Crippen LogP contribution in [0.25, 0.3) is 0 Å². The first-order valence-corrected chi connectivity index (χ1v) is 5.24. The normalized spacial score (nSPS) is 10.0. The van der Waals surface area contributed by atoms with Crippen molar-refractivity contribution in [2.45, 2.75) is 19.3 Å².